The summed E-state index contributed by atoms with van der Waals surface area (Å²) in [6.45, 7) is 0. The van der Waals surface area contributed by atoms with Crippen molar-refractivity contribution in [1.82, 2.24) is 9.97 Å². The van der Waals surface area contributed by atoms with Crippen LogP contribution in [0.1, 0.15) is 0 Å². The van der Waals surface area contributed by atoms with Crippen molar-refractivity contribution in [3.05, 3.63) is 207 Å². The lowest BCUT2D eigenvalue weighted by molar-refractivity contribution is 1.37. The Labute approximate surface area is 325 Å². The maximum absolute atomic E-state index is 4.66. The van der Waals surface area contributed by atoms with E-state index in [0.29, 0.717) is 0 Å². The zero-order valence-electron chi connectivity index (χ0n) is 30.5. The smallest absolute Gasteiger partial charge is 0.0353 e. The third-order valence-electron chi connectivity index (χ3n) is 11.5. The molecule has 0 N–H and O–H groups in total. The Morgan fingerprint density at radius 1 is 0.232 bits per heavy atom. The zero-order chi connectivity index (χ0) is 37.0. The van der Waals surface area contributed by atoms with E-state index in [2.05, 4.69) is 192 Å². The second-order valence-electron chi connectivity index (χ2n) is 14.5. The van der Waals surface area contributed by atoms with Crippen molar-refractivity contribution in [2.75, 3.05) is 0 Å². The maximum Gasteiger partial charge on any atom is 0.0353 e. The molecule has 9 aromatic carbocycles. The molecule has 0 saturated carbocycles. The van der Waals surface area contributed by atoms with Gasteiger partial charge in [-0.3, -0.25) is 9.97 Å². The molecule has 0 atom stereocenters. The number of fused-ring (bicyclic) bond motifs is 5. The lowest BCUT2D eigenvalue weighted by Gasteiger charge is -2.18. The fourth-order valence-electron chi connectivity index (χ4n) is 8.97. The van der Waals surface area contributed by atoms with E-state index >= 15 is 0 Å². The molecule has 0 fully saturated rings. The molecule has 0 radical (unpaired) electrons. The van der Waals surface area contributed by atoms with E-state index in [1.54, 1.807) is 0 Å². The standard InChI is InChI=1S/C54H34N2/c1-2-12-38(13-3-1)51-43-16-6-7-17-44(43)52(49-33-55-31-29-47(49)51)39-25-21-35(22-26-39)36-23-27-40(28-24-36)53-45-18-8-9-19-46(45)54(48-30-32-56-34-50(48)53)42-20-10-14-37-11-4-5-15-41(37)42/h1-34H. The summed E-state index contributed by atoms with van der Waals surface area (Å²) in [4.78, 5) is 9.26. The van der Waals surface area contributed by atoms with Gasteiger partial charge < -0.3 is 0 Å². The van der Waals surface area contributed by atoms with Gasteiger partial charge in [-0.2, -0.15) is 0 Å². The van der Waals surface area contributed by atoms with Crippen LogP contribution >= 0.6 is 0 Å². The first-order chi connectivity index (χ1) is 27.8. The van der Waals surface area contributed by atoms with Crippen LogP contribution in [0, 0.1) is 0 Å². The molecule has 11 rings (SSSR count). The number of pyridine rings is 2. The predicted octanol–water partition coefficient (Wildman–Crippen LogP) is 14.6. The van der Waals surface area contributed by atoms with E-state index in [1.807, 2.05) is 24.8 Å². The fourth-order valence-corrected chi connectivity index (χ4v) is 8.97. The number of hydrogen-bond acceptors (Lipinski definition) is 2. The molecule has 0 aliphatic heterocycles. The number of rotatable bonds is 5. The first-order valence-electron chi connectivity index (χ1n) is 19.1. The molecule has 2 aromatic heterocycles. The van der Waals surface area contributed by atoms with Crippen molar-refractivity contribution in [2.24, 2.45) is 0 Å². The summed E-state index contributed by atoms with van der Waals surface area (Å²) in [7, 11) is 0. The van der Waals surface area contributed by atoms with Crippen LogP contribution in [0.3, 0.4) is 0 Å². The number of aromatic nitrogens is 2. The van der Waals surface area contributed by atoms with Gasteiger partial charge in [-0.1, -0.05) is 170 Å². The van der Waals surface area contributed by atoms with Gasteiger partial charge in [0.2, 0.25) is 0 Å². The Hall–Kier alpha value is -7.42. The summed E-state index contributed by atoms with van der Waals surface area (Å²) in [6, 6.07) is 66.0. The molecule has 0 aliphatic carbocycles. The summed E-state index contributed by atoms with van der Waals surface area (Å²) in [5.41, 5.74) is 12.1. The Balaban J connectivity index is 1.02. The average Bonchev–Trinajstić information content (AvgIpc) is 3.27. The molecule has 2 nitrogen and oxygen atoms in total. The molecular formula is C54H34N2. The van der Waals surface area contributed by atoms with Crippen molar-refractivity contribution >= 4 is 53.9 Å². The first kappa shape index (κ1) is 32.0. The van der Waals surface area contributed by atoms with Crippen LogP contribution in [0.15, 0.2) is 207 Å². The highest BCUT2D eigenvalue weighted by Crippen LogP contribution is 2.46. The van der Waals surface area contributed by atoms with Crippen LogP contribution in [0.4, 0.5) is 0 Å². The molecule has 0 unspecified atom stereocenters. The molecule has 0 bridgehead atoms. The van der Waals surface area contributed by atoms with E-state index < -0.39 is 0 Å². The van der Waals surface area contributed by atoms with E-state index in [0.717, 1.165) is 10.8 Å². The lowest BCUT2D eigenvalue weighted by atomic mass is 9.85. The highest BCUT2D eigenvalue weighted by molar-refractivity contribution is 6.24. The minimum absolute atomic E-state index is 1.15. The van der Waals surface area contributed by atoms with Gasteiger partial charge in [-0.05, 0) is 111 Å². The van der Waals surface area contributed by atoms with Crippen LogP contribution in [0.5, 0.6) is 0 Å². The van der Waals surface area contributed by atoms with Crippen molar-refractivity contribution in [3.8, 4) is 55.6 Å². The minimum Gasteiger partial charge on any atom is -0.264 e. The van der Waals surface area contributed by atoms with Gasteiger partial charge >= 0.3 is 0 Å². The molecule has 260 valence electrons. The minimum atomic E-state index is 1.15. The van der Waals surface area contributed by atoms with Gasteiger partial charge in [0.1, 0.15) is 0 Å². The molecular weight excluding hydrogens is 677 g/mol. The summed E-state index contributed by atoms with van der Waals surface area (Å²) in [6.07, 6.45) is 7.88. The Bertz CT molecular complexity index is 3150. The van der Waals surface area contributed by atoms with Crippen LogP contribution in [-0.4, -0.2) is 9.97 Å². The Kier molecular flexibility index (Phi) is 7.53. The van der Waals surface area contributed by atoms with E-state index in [-0.39, 0.29) is 0 Å². The molecule has 56 heavy (non-hydrogen) atoms. The van der Waals surface area contributed by atoms with Crippen molar-refractivity contribution in [2.45, 2.75) is 0 Å². The number of benzene rings is 9. The second-order valence-corrected chi connectivity index (χ2v) is 14.5. The predicted molar refractivity (Wildman–Crippen MR) is 237 cm³/mol. The molecule has 0 spiro atoms. The Morgan fingerprint density at radius 3 is 1.16 bits per heavy atom. The maximum atomic E-state index is 4.66. The molecule has 0 aliphatic rings. The van der Waals surface area contributed by atoms with Gasteiger partial charge in [-0.15, -0.1) is 0 Å². The molecule has 2 heteroatoms. The topological polar surface area (TPSA) is 25.8 Å². The summed E-state index contributed by atoms with van der Waals surface area (Å²) < 4.78 is 0. The second kappa shape index (κ2) is 13.2. The zero-order valence-corrected chi connectivity index (χ0v) is 30.5. The highest BCUT2D eigenvalue weighted by atomic mass is 14.6. The van der Waals surface area contributed by atoms with Crippen LogP contribution in [0.25, 0.3) is 109 Å². The SMILES string of the molecule is c1ccc(-c2c3ccccc3c(-c3ccc(-c4ccc(-c5c6ccccc6c(-c6cccc7ccccc67)c6ccncc56)cc4)cc3)c3cnccc23)cc1. The van der Waals surface area contributed by atoms with Gasteiger partial charge in [0.15, 0.2) is 0 Å². The summed E-state index contributed by atoms with van der Waals surface area (Å²) in [5, 5.41) is 12.1. The fraction of sp³-hybridized carbons (Fsp3) is 0. The van der Waals surface area contributed by atoms with Crippen LogP contribution in [0.2, 0.25) is 0 Å². The molecule has 11 aromatic rings. The van der Waals surface area contributed by atoms with Crippen molar-refractivity contribution in [1.29, 1.82) is 0 Å². The third-order valence-corrected chi connectivity index (χ3v) is 11.5. The monoisotopic (exact) mass is 710 g/mol. The van der Waals surface area contributed by atoms with E-state index in [1.165, 1.54) is 98.7 Å². The summed E-state index contributed by atoms with van der Waals surface area (Å²) >= 11 is 0. The van der Waals surface area contributed by atoms with Gasteiger partial charge in [0, 0.05) is 35.6 Å². The lowest BCUT2D eigenvalue weighted by Crippen LogP contribution is -1.92. The van der Waals surface area contributed by atoms with Crippen molar-refractivity contribution < 1.29 is 0 Å². The Morgan fingerprint density at radius 2 is 0.607 bits per heavy atom. The normalized spacial score (nSPS) is 11.6. The molecule has 0 amide bonds. The largest absolute Gasteiger partial charge is 0.264 e. The number of hydrogen-bond donors (Lipinski definition) is 0. The molecule has 0 saturated heterocycles. The summed E-state index contributed by atoms with van der Waals surface area (Å²) in [5.74, 6) is 0. The van der Waals surface area contributed by atoms with Crippen molar-refractivity contribution in [3.63, 3.8) is 0 Å². The first-order valence-corrected chi connectivity index (χ1v) is 19.1. The van der Waals surface area contributed by atoms with Gasteiger partial charge in [0.25, 0.3) is 0 Å². The molecule has 2 heterocycles. The van der Waals surface area contributed by atoms with Gasteiger partial charge in [0.05, 0.1) is 0 Å². The third kappa shape index (κ3) is 5.11. The average molecular weight is 711 g/mol. The highest BCUT2D eigenvalue weighted by Gasteiger charge is 2.19. The quantitative estimate of drug-likeness (QED) is 0.166. The van der Waals surface area contributed by atoms with Crippen LogP contribution in [-0.2, 0) is 0 Å². The number of nitrogens with zero attached hydrogens (tertiary/aromatic N) is 2. The van der Waals surface area contributed by atoms with E-state index in [4.69, 9.17) is 0 Å². The van der Waals surface area contributed by atoms with E-state index in [9.17, 15) is 0 Å². The van der Waals surface area contributed by atoms with Gasteiger partial charge in [-0.25, -0.2) is 0 Å². The van der Waals surface area contributed by atoms with Crippen LogP contribution < -0.4 is 0 Å².